The number of hydrogen-bond acceptors (Lipinski definition) is 5. The van der Waals surface area contributed by atoms with Gasteiger partial charge in [-0.1, -0.05) is 25.1 Å². The predicted molar refractivity (Wildman–Crippen MR) is 108 cm³/mol. The molecule has 0 aromatic heterocycles. The molecule has 0 saturated carbocycles. The zero-order valence-corrected chi connectivity index (χ0v) is 17.0. The van der Waals surface area contributed by atoms with E-state index in [2.05, 4.69) is 10.1 Å². The van der Waals surface area contributed by atoms with Crippen LogP contribution in [0.2, 0.25) is 0 Å². The second-order valence-corrected chi connectivity index (χ2v) is 6.99. The van der Waals surface area contributed by atoms with Gasteiger partial charge in [0.2, 0.25) is 0 Å². The van der Waals surface area contributed by atoms with Crippen molar-refractivity contribution in [1.29, 1.82) is 0 Å². The lowest BCUT2D eigenvalue weighted by molar-refractivity contribution is -0.274. The number of rotatable bonds is 8. The van der Waals surface area contributed by atoms with Gasteiger partial charge < -0.3 is 19.7 Å². The van der Waals surface area contributed by atoms with Crippen molar-refractivity contribution >= 4 is 11.7 Å². The fraction of sp³-hybridized carbons (Fsp3) is 0.364. The molecule has 0 aliphatic carbocycles. The molecule has 0 spiro atoms. The third-order valence-corrected chi connectivity index (χ3v) is 4.81. The van der Waals surface area contributed by atoms with Crippen LogP contribution in [-0.2, 0) is 4.79 Å². The van der Waals surface area contributed by atoms with Gasteiger partial charge in [-0.25, -0.2) is 0 Å². The van der Waals surface area contributed by atoms with Gasteiger partial charge >= 0.3 is 6.36 Å². The lowest BCUT2D eigenvalue weighted by atomic mass is 10.0. The van der Waals surface area contributed by atoms with Crippen LogP contribution in [0.1, 0.15) is 23.7 Å². The lowest BCUT2D eigenvalue weighted by Gasteiger charge is -2.20. The molecule has 2 aromatic rings. The van der Waals surface area contributed by atoms with Gasteiger partial charge in [-0.05, 0) is 35.4 Å². The Balaban J connectivity index is 1.72. The SMILES string of the molecule is CCC(=O)CNCCN1CCOc2ccc(-c3ccc(OC(F)(F)F)cc3)cc2C1=O. The van der Waals surface area contributed by atoms with Crippen molar-refractivity contribution in [1.82, 2.24) is 10.2 Å². The number of ketones is 1. The van der Waals surface area contributed by atoms with E-state index in [1.54, 1.807) is 30.0 Å². The van der Waals surface area contributed by atoms with Crippen molar-refractivity contribution in [2.75, 3.05) is 32.8 Å². The number of benzene rings is 2. The second-order valence-electron chi connectivity index (χ2n) is 6.99. The van der Waals surface area contributed by atoms with Gasteiger partial charge in [0.05, 0.1) is 18.7 Å². The number of fused-ring (bicyclic) bond motifs is 1. The van der Waals surface area contributed by atoms with Crippen molar-refractivity contribution in [3.8, 4) is 22.6 Å². The highest BCUT2D eigenvalue weighted by Gasteiger charge is 2.31. The molecule has 0 fully saturated rings. The first-order valence-electron chi connectivity index (χ1n) is 9.91. The van der Waals surface area contributed by atoms with E-state index in [0.717, 1.165) is 0 Å². The fourth-order valence-electron chi connectivity index (χ4n) is 3.17. The van der Waals surface area contributed by atoms with Crippen LogP contribution in [-0.4, -0.2) is 55.7 Å². The topological polar surface area (TPSA) is 67.9 Å². The number of nitrogens with zero attached hydrogens (tertiary/aromatic N) is 1. The minimum Gasteiger partial charge on any atom is -0.491 e. The Labute approximate surface area is 177 Å². The molecule has 0 bridgehead atoms. The molecule has 0 atom stereocenters. The van der Waals surface area contributed by atoms with Gasteiger partial charge in [-0.15, -0.1) is 13.2 Å². The third kappa shape index (κ3) is 6.21. The van der Waals surface area contributed by atoms with E-state index in [4.69, 9.17) is 4.74 Å². The molecule has 1 heterocycles. The molecular formula is C22H23F3N2O4. The Morgan fingerprint density at radius 3 is 2.55 bits per heavy atom. The zero-order chi connectivity index (χ0) is 22.4. The summed E-state index contributed by atoms with van der Waals surface area (Å²) in [6.07, 6.45) is -4.29. The molecule has 1 N–H and O–H groups in total. The largest absolute Gasteiger partial charge is 0.573 e. The van der Waals surface area contributed by atoms with Gasteiger partial charge in [0.1, 0.15) is 23.9 Å². The number of carbonyl (C=O) groups is 2. The summed E-state index contributed by atoms with van der Waals surface area (Å²) in [6.45, 7) is 3.72. The Hall–Kier alpha value is -3.07. The summed E-state index contributed by atoms with van der Waals surface area (Å²) in [7, 11) is 0. The number of ether oxygens (including phenoxy) is 2. The number of amides is 1. The molecule has 1 amide bonds. The molecule has 0 radical (unpaired) electrons. The van der Waals surface area contributed by atoms with Gasteiger partial charge in [-0.3, -0.25) is 9.59 Å². The molecule has 0 unspecified atom stereocenters. The Kier molecular flexibility index (Phi) is 7.17. The first kappa shape index (κ1) is 22.6. The van der Waals surface area contributed by atoms with Gasteiger partial charge in [-0.2, -0.15) is 0 Å². The highest BCUT2D eigenvalue weighted by molar-refractivity contribution is 5.98. The van der Waals surface area contributed by atoms with Crippen LogP contribution < -0.4 is 14.8 Å². The summed E-state index contributed by atoms with van der Waals surface area (Å²) in [5.74, 6) is 0.0511. The smallest absolute Gasteiger partial charge is 0.491 e. The van der Waals surface area contributed by atoms with Gasteiger partial charge in [0.25, 0.3) is 5.91 Å². The molecular weight excluding hydrogens is 413 g/mol. The van der Waals surface area contributed by atoms with Crippen LogP contribution in [0.15, 0.2) is 42.5 Å². The van der Waals surface area contributed by atoms with E-state index in [1.165, 1.54) is 24.3 Å². The van der Waals surface area contributed by atoms with E-state index in [0.29, 0.717) is 55.1 Å². The molecule has 3 rings (SSSR count). The van der Waals surface area contributed by atoms with E-state index in [-0.39, 0.29) is 24.0 Å². The van der Waals surface area contributed by atoms with E-state index >= 15 is 0 Å². The van der Waals surface area contributed by atoms with Crippen LogP contribution in [0.4, 0.5) is 13.2 Å². The minimum absolute atomic E-state index is 0.104. The normalized spacial score (nSPS) is 13.9. The first-order valence-corrected chi connectivity index (χ1v) is 9.91. The van der Waals surface area contributed by atoms with E-state index < -0.39 is 6.36 Å². The number of nitrogens with one attached hydrogen (secondary N) is 1. The van der Waals surface area contributed by atoms with Crippen LogP contribution in [0, 0.1) is 0 Å². The molecule has 1 aliphatic heterocycles. The van der Waals surface area contributed by atoms with Crippen LogP contribution in [0.5, 0.6) is 11.5 Å². The van der Waals surface area contributed by atoms with Crippen LogP contribution >= 0.6 is 0 Å². The Morgan fingerprint density at radius 2 is 1.87 bits per heavy atom. The second kappa shape index (κ2) is 9.82. The molecule has 2 aromatic carbocycles. The maximum absolute atomic E-state index is 13.0. The average molecular weight is 436 g/mol. The van der Waals surface area contributed by atoms with Crippen molar-refractivity contribution in [2.24, 2.45) is 0 Å². The standard InChI is InChI=1S/C22H23F3N2O4/c1-2-17(28)14-26-9-10-27-11-12-30-20-8-5-16(13-19(20)21(27)29)15-3-6-18(7-4-15)31-22(23,24)25/h3-8,13,26H,2,9-12,14H2,1H3. The van der Waals surface area contributed by atoms with Crippen molar-refractivity contribution in [3.63, 3.8) is 0 Å². The number of hydrogen-bond donors (Lipinski definition) is 1. The zero-order valence-electron chi connectivity index (χ0n) is 17.0. The molecule has 1 aliphatic rings. The number of Topliss-reactive ketones (excluding diaryl/α,β-unsaturated/α-hetero) is 1. The summed E-state index contributed by atoms with van der Waals surface area (Å²) in [4.78, 5) is 26.1. The van der Waals surface area contributed by atoms with E-state index in [1.807, 2.05) is 0 Å². The molecule has 166 valence electrons. The Bertz CT molecular complexity index is 929. The average Bonchev–Trinajstić information content (AvgIpc) is 2.89. The molecule has 9 heteroatoms. The lowest BCUT2D eigenvalue weighted by Crippen LogP contribution is -2.39. The van der Waals surface area contributed by atoms with Crippen LogP contribution in [0.25, 0.3) is 11.1 Å². The van der Waals surface area contributed by atoms with E-state index in [9.17, 15) is 22.8 Å². The molecule has 6 nitrogen and oxygen atoms in total. The maximum Gasteiger partial charge on any atom is 0.573 e. The number of carbonyl (C=O) groups excluding carboxylic acids is 2. The summed E-state index contributed by atoms with van der Waals surface area (Å²) in [5.41, 5.74) is 1.69. The quantitative estimate of drug-likeness (QED) is 0.640. The van der Waals surface area contributed by atoms with Crippen molar-refractivity contribution in [3.05, 3.63) is 48.0 Å². The number of alkyl halides is 3. The third-order valence-electron chi connectivity index (χ3n) is 4.81. The van der Waals surface area contributed by atoms with Gasteiger partial charge in [0, 0.05) is 19.5 Å². The summed E-state index contributed by atoms with van der Waals surface area (Å²) in [6, 6.07) is 10.5. The highest BCUT2D eigenvalue weighted by atomic mass is 19.4. The van der Waals surface area contributed by atoms with Crippen molar-refractivity contribution in [2.45, 2.75) is 19.7 Å². The maximum atomic E-state index is 13.0. The predicted octanol–water partition coefficient (Wildman–Crippen LogP) is 3.66. The molecule has 31 heavy (non-hydrogen) atoms. The van der Waals surface area contributed by atoms with Crippen LogP contribution in [0.3, 0.4) is 0 Å². The summed E-state index contributed by atoms with van der Waals surface area (Å²) in [5, 5.41) is 3.03. The summed E-state index contributed by atoms with van der Waals surface area (Å²) < 4.78 is 46.6. The van der Waals surface area contributed by atoms with Crippen molar-refractivity contribution < 1.29 is 32.2 Å². The Morgan fingerprint density at radius 1 is 1.16 bits per heavy atom. The fourth-order valence-corrected chi connectivity index (χ4v) is 3.17. The van der Waals surface area contributed by atoms with Gasteiger partial charge in [0.15, 0.2) is 0 Å². The number of halogens is 3. The molecule has 0 saturated heterocycles. The minimum atomic E-state index is -4.75. The monoisotopic (exact) mass is 436 g/mol. The highest BCUT2D eigenvalue weighted by Crippen LogP contribution is 2.31. The summed E-state index contributed by atoms with van der Waals surface area (Å²) >= 11 is 0. The first-order chi connectivity index (χ1) is 14.8.